The predicted molar refractivity (Wildman–Crippen MR) is 224 cm³/mol. The van der Waals surface area contributed by atoms with E-state index in [1.54, 1.807) is 23.4 Å². The van der Waals surface area contributed by atoms with Gasteiger partial charge in [-0.2, -0.15) is 0 Å². The first-order valence-corrected chi connectivity index (χ1v) is 21.4. The van der Waals surface area contributed by atoms with Gasteiger partial charge >= 0.3 is 12.1 Å². The number of anilines is 1. The Balaban J connectivity index is 0.000000592. The summed E-state index contributed by atoms with van der Waals surface area (Å²) in [6, 6.07) is 7.28. The number of hydrogen-bond donors (Lipinski definition) is 2. The summed E-state index contributed by atoms with van der Waals surface area (Å²) in [4.78, 5) is 57.6. The molecule has 4 heterocycles. The predicted octanol–water partition coefficient (Wildman–Crippen LogP) is 6.78. The molecule has 14 heteroatoms. The second kappa shape index (κ2) is 21.9. The number of carbonyl (C=O) groups excluding carboxylic acids is 4. The van der Waals surface area contributed by atoms with Crippen LogP contribution >= 0.6 is 0 Å². The minimum Gasteiger partial charge on any atom is -0.458 e. The number of nitrogens with zero attached hydrogens (tertiary/aromatic N) is 5. The normalized spacial score (nSPS) is 32.2. The van der Waals surface area contributed by atoms with Gasteiger partial charge in [0.15, 0.2) is 11.9 Å². The molecule has 1 aromatic heterocycles. The van der Waals surface area contributed by atoms with Gasteiger partial charge in [0.25, 0.3) is 0 Å². The molecule has 3 fully saturated rings. The van der Waals surface area contributed by atoms with E-state index in [9.17, 15) is 24.3 Å². The standard InChI is InChI=1S/C34H49N5O6.C8H17NO2.C2H6/c1-8-28-34(7)31(23(5)29(40)21(3)16-20(2)17-22(4)30(41)24(6)32(42)44-28)39(33(43)45-34)15-10-9-14-38-19-27(36-37-38)25-12-11-13-26(35)18-25;1-6-4-7(9(2)3)5-8(10)11-6;1-2/h11-13,18-24,28,31H,8-10,14-17,35H2,1-7H3;6-8,10H,4-5H2,1-3H3;1-2H3/t20-,21+,22+,23-,24?,28+,31+,34+;;/m0../s1. The Morgan fingerprint density at radius 3 is 2.17 bits per heavy atom. The van der Waals surface area contributed by atoms with E-state index < -0.39 is 47.9 Å². The number of carbonyl (C=O) groups is 4. The fraction of sp³-hybridized carbons (Fsp3) is 0.727. The van der Waals surface area contributed by atoms with Gasteiger partial charge < -0.3 is 34.9 Å². The first-order chi connectivity index (χ1) is 27.4. The molecule has 3 saturated heterocycles. The summed E-state index contributed by atoms with van der Waals surface area (Å²) in [7, 11) is 4.07. The number of hydrogen-bond acceptors (Lipinski definition) is 12. The number of nitrogen functional groups attached to an aromatic ring is 1. The van der Waals surface area contributed by atoms with Crippen LogP contribution in [0.15, 0.2) is 30.5 Å². The first-order valence-electron chi connectivity index (χ1n) is 21.4. The summed E-state index contributed by atoms with van der Waals surface area (Å²) >= 11 is 0. The number of aliphatic hydroxyl groups excluding tert-OH is 1. The highest BCUT2D eigenvalue weighted by Gasteiger charge is 2.59. The molecule has 326 valence electrons. The molecule has 3 N–H and O–H groups in total. The number of ketones is 2. The largest absolute Gasteiger partial charge is 0.458 e. The topological polar surface area (TPSA) is 179 Å². The van der Waals surface area contributed by atoms with E-state index in [0.717, 1.165) is 24.1 Å². The van der Waals surface area contributed by atoms with Crippen LogP contribution in [0, 0.1) is 29.6 Å². The summed E-state index contributed by atoms with van der Waals surface area (Å²) in [6.45, 7) is 19.8. The molecular formula is C44H72N6O8. The number of Topliss-reactive ketones (excluding diaryl/α,β-unsaturated/α-hetero) is 2. The third kappa shape index (κ3) is 12.3. The second-order valence-corrected chi connectivity index (χ2v) is 16.9. The fourth-order valence-electron chi connectivity index (χ4n) is 8.82. The number of unbranched alkanes of at least 4 members (excludes halogenated alkanes) is 1. The molecule has 0 spiro atoms. The van der Waals surface area contributed by atoms with Gasteiger partial charge in [-0.05, 0) is 91.4 Å². The number of rotatable bonds is 8. The highest BCUT2D eigenvalue weighted by Crippen LogP contribution is 2.41. The number of aryl methyl sites for hydroxylation is 1. The van der Waals surface area contributed by atoms with E-state index >= 15 is 0 Å². The van der Waals surface area contributed by atoms with E-state index in [0.29, 0.717) is 56.9 Å². The van der Waals surface area contributed by atoms with Crippen LogP contribution in [0.3, 0.4) is 0 Å². The van der Waals surface area contributed by atoms with E-state index in [-0.39, 0.29) is 35.4 Å². The second-order valence-electron chi connectivity index (χ2n) is 16.9. The van der Waals surface area contributed by atoms with Crippen LogP contribution in [0.25, 0.3) is 11.3 Å². The van der Waals surface area contributed by atoms with Gasteiger partial charge in [0, 0.05) is 54.6 Å². The van der Waals surface area contributed by atoms with Gasteiger partial charge in [-0.15, -0.1) is 5.10 Å². The number of esters is 1. The van der Waals surface area contributed by atoms with E-state index in [4.69, 9.17) is 19.9 Å². The van der Waals surface area contributed by atoms with Crippen molar-refractivity contribution in [2.75, 3.05) is 26.4 Å². The molecule has 2 aromatic rings. The lowest BCUT2D eigenvalue weighted by Gasteiger charge is -2.40. The molecule has 3 aliphatic rings. The number of fused-ring (bicyclic) bond motifs is 1. The van der Waals surface area contributed by atoms with E-state index in [1.807, 2.05) is 99.9 Å². The fourth-order valence-corrected chi connectivity index (χ4v) is 8.82. The summed E-state index contributed by atoms with van der Waals surface area (Å²) < 4.78 is 19.0. The zero-order chi connectivity index (χ0) is 43.5. The van der Waals surface area contributed by atoms with Crippen molar-refractivity contribution in [1.29, 1.82) is 0 Å². The molecule has 0 saturated carbocycles. The Morgan fingerprint density at radius 2 is 1.57 bits per heavy atom. The van der Waals surface area contributed by atoms with Crippen LogP contribution in [-0.2, 0) is 35.1 Å². The Kier molecular flexibility index (Phi) is 18.3. The number of aromatic nitrogens is 3. The van der Waals surface area contributed by atoms with Gasteiger partial charge in [-0.25, -0.2) is 4.79 Å². The Morgan fingerprint density at radius 1 is 0.931 bits per heavy atom. The third-order valence-corrected chi connectivity index (χ3v) is 11.9. The molecule has 3 aliphatic heterocycles. The molecule has 1 aromatic carbocycles. The quantitative estimate of drug-likeness (QED) is 0.124. The van der Waals surface area contributed by atoms with Crippen LogP contribution in [-0.4, -0.2) is 110 Å². The average Bonchev–Trinajstić information content (AvgIpc) is 3.75. The van der Waals surface area contributed by atoms with Crippen LogP contribution in [0.5, 0.6) is 0 Å². The van der Waals surface area contributed by atoms with Crippen molar-refractivity contribution >= 4 is 29.3 Å². The van der Waals surface area contributed by atoms with Crippen molar-refractivity contribution in [3.63, 3.8) is 0 Å². The Hall–Kier alpha value is -3.88. The SMILES string of the molecule is CC.CC1CC(N(C)C)CC(O)O1.CC[C@H]1OC(=O)C(C)C(=O)[C@H](C)C[C@@H](C)C[C@@H](C)C(=O)[C@H](C)[C@H]2N(CCCCn3cc(-c4cccc(N)c4)nn3)C(=O)O[C@]12C. The van der Waals surface area contributed by atoms with Crippen molar-refractivity contribution in [1.82, 2.24) is 24.8 Å². The highest BCUT2D eigenvalue weighted by atomic mass is 16.6. The van der Waals surface area contributed by atoms with Gasteiger partial charge in [-0.1, -0.05) is 65.8 Å². The first kappa shape index (κ1) is 48.5. The third-order valence-electron chi connectivity index (χ3n) is 11.9. The molecule has 11 atom stereocenters. The van der Waals surface area contributed by atoms with Crippen molar-refractivity contribution in [2.24, 2.45) is 29.6 Å². The van der Waals surface area contributed by atoms with Gasteiger partial charge in [-0.3, -0.25) is 19.1 Å². The molecule has 58 heavy (non-hydrogen) atoms. The zero-order valence-corrected chi connectivity index (χ0v) is 37.1. The number of nitrogens with two attached hydrogens (primary N) is 1. The van der Waals surface area contributed by atoms with Crippen LogP contribution in [0.1, 0.15) is 114 Å². The Labute approximate surface area is 346 Å². The number of amides is 1. The number of ether oxygens (including phenoxy) is 3. The zero-order valence-electron chi connectivity index (χ0n) is 37.1. The van der Waals surface area contributed by atoms with Crippen LogP contribution in [0.2, 0.25) is 0 Å². The Bertz CT molecular complexity index is 1640. The number of cyclic esters (lactones) is 1. The summed E-state index contributed by atoms with van der Waals surface area (Å²) in [5.74, 6) is -2.78. The van der Waals surface area contributed by atoms with Crippen molar-refractivity contribution < 1.29 is 38.5 Å². The number of benzene rings is 1. The van der Waals surface area contributed by atoms with E-state index in [1.165, 1.54) is 0 Å². The lowest BCUT2D eigenvalue weighted by atomic mass is 9.75. The van der Waals surface area contributed by atoms with Crippen LogP contribution in [0.4, 0.5) is 10.5 Å². The molecule has 0 aliphatic carbocycles. The lowest BCUT2D eigenvalue weighted by Crippen LogP contribution is -2.57. The van der Waals surface area contributed by atoms with Crippen molar-refractivity contribution in [3.05, 3.63) is 30.5 Å². The molecule has 4 unspecified atom stereocenters. The van der Waals surface area contributed by atoms with Gasteiger partial charge in [0.2, 0.25) is 0 Å². The summed E-state index contributed by atoms with van der Waals surface area (Å²) in [5.41, 5.74) is 6.89. The molecule has 5 rings (SSSR count). The lowest BCUT2D eigenvalue weighted by molar-refractivity contribution is -0.172. The van der Waals surface area contributed by atoms with Crippen LogP contribution < -0.4 is 5.73 Å². The van der Waals surface area contributed by atoms with Crippen molar-refractivity contribution in [2.45, 2.75) is 157 Å². The molecule has 0 radical (unpaired) electrons. The number of aliphatic hydroxyl groups is 1. The van der Waals surface area contributed by atoms with Gasteiger partial charge in [0.05, 0.1) is 18.3 Å². The smallest absolute Gasteiger partial charge is 0.410 e. The molecular weight excluding hydrogens is 741 g/mol. The maximum atomic E-state index is 13.9. The van der Waals surface area contributed by atoms with Crippen molar-refractivity contribution in [3.8, 4) is 11.3 Å². The molecule has 1 amide bonds. The minimum atomic E-state index is -1.28. The average molecular weight is 813 g/mol. The van der Waals surface area contributed by atoms with E-state index in [2.05, 4.69) is 15.2 Å². The highest BCUT2D eigenvalue weighted by molar-refractivity contribution is 5.99. The maximum Gasteiger partial charge on any atom is 0.410 e. The van der Waals surface area contributed by atoms with Gasteiger partial charge in [0.1, 0.15) is 29.3 Å². The molecule has 14 nitrogen and oxygen atoms in total. The monoisotopic (exact) mass is 813 g/mol. The summed E-state index contributed by atoms with van der Waals surface area (Å²) in [6.07, 6.45) is 4.75. The molecule has 0 bridgehead atoms. The summed E-state index contributed by atoms with van der Waals surface area (Å²) in [5, 5.41) is 17.8. The minimum absolute atomic E-state index is 0.0312. The maximum absolute atomic E-state index is 13.9.